The average molecular weight is 241 g/mol. The fourth-order valence-corrected chi connectivity index (χ4v) is 2.68. The number of nitrogens with two attached hydrogens (primary N) is 1. The molecule has 98 valence electrons. The Morgan fingerprint density at radius 2 is 2.12 bits per heavy atom. The summed E-state index contributed by atoms with van der Waals surface area (Å²) in [4.78, 5) is 13.0. The summed E-state index contributed by atoms with van der Waals surface area (Å²) in [5.74, 6) is 0.472. The van der Waals surface area contributed by atoms with Crippen molar-refractivity contribution in [2.75, 3.05) is 19.7 Å². The third kappa shape index (κ3) is 3.85. The van der Waals surface area contributed by atoms with Crippen LogP contribution in [0.1, 0.15) is 32.1 Å². The lowest BCUT2D eigenvalue weighted by molar-refractivity contribution is 0.143. The number of piperidine rings is 1. The molecule has 2 atom stereocenters. The van der Waals surface area contributed by atoms with E-state index >= 15 is 0 Å². The van der Waals surface area contributed by atoms with Crippen molar-refractivity contribution in [1.82, 2.24) is 10.2 Å². The molecule has 0 bridgehead atoms. The predicted octanol–water partition coefficient (Wildman–Crippen LogP) is 0.280. The third-order valence-corrected chi connectivity index (χ3v) is 3.67. The van der Waals surface area contributed by atoms with Crippen molar-refractivity contribution < 1.29 is 9.90 Å². The zero-order valence-electron chi connectivity index (χ0n) is 10.3. The van der Waals surface area contributed by atoms with Gasteiger partial charge in [-0.3, -0.25) is 0 Å². The first-order valence-electron chi connectivity index (χ1n) is 6.60. The normalized spacial score (nSPS) is 29.4. The Hall–Kier alpha value is -0.810. The molecule has 5 nitrogen and oxygen atoms in total. The van der Waals surface area contributed by atoms with Gasteiger partial charge in [0.1, 0.15) is 0 Å². The molecule has 17 heavy (non-hydrogen) atoms. The zero-order chi connectivity index (χ0) is 12.3. The molecule has 1 aliphatic carbocycles. The summed E-state index contributed by atoms with van der Waals surface area (Å²) in [7, 11) is 0. The Balaban J connectivity index is 1.86. The van der Waals surface area contributed by atoms with Crippen LogP contribution < -0.4 is 11.1 Å². The van der Waals surface area contributed by atoms with Crippen LogP contribution in [0, 0.1) is 5.92 Å². The SMILES string of the molecule is NC(=O)N1CC(CCCO)CC(NC2CC2)C1. The molecule has 0 aromatic rings. The highest BCUT2D eigenvalue weighted by Gasteiger charge is 2.32. The van der Waals surface area contributed by atoms with E-state index in [0.29, 0.717) is 18.0 Å². The standard InChI is InChI=1S/C12H23N3O2/c13-12(17)15-7-9(2-1-5-16)6-11(8-15)14-10-3-4-10/h9-11,14,16H,1-8H2,(H2,13,17). The number of amides is 2. The summed E-state index contributed by atoms with van der Waals surface area (Å²) in [6.07, 6.45) is 5.40. The van der Waals surface area contributed by atoms with Gasteiger partial charge in [0.25, 0.3) is 0 Å². The number of aliphatic hydroxyl groups is 1. The Morgan fingerprint density at radius 1 is 1.35 bits per heavy atom. The smallest absolute Gasteiger partial charge is 0.314 e. The van der Waals surface area contributed by atoms with Crippen LogP contribution in [0.25, 0.3) is 0 Å². The maximum atomic E-state index is 11.3. The Morgan fingerprint density at radius 3 is 2.71 bits per heavy atom. The van der Waals surface area contributed by atoms with E-state index in [2.05, 4.69) is 5.32 Å². The third-order valence-electron chi connectivity index (χ3n) is 3.67. The molecule has 2 aliphatic rings. The first-order chi connectivity index (χ1) is 8.19. The Bertz CT molecular complexity index is 268. The van der Waals surface area contributed by atoms with Gasteiger partial charge in [0.05, 0.1) is 0 Å². The summed E-state index contributed by atoms with van der Waals surface area (Å²) in [6, 6.07) is 0.722. The van der Waals surface area contributed by atoms with Gasteiger partial charge >= 0.3 is 6.03 Å². The summed E-state index contributed by atoms with van der Waals surface area (Å²) in [5.41, 5.74) is 5.38. The number of rotatable bonds is 5. The van der Waals surface area contributed by atoms with Crippen LogP contribution in [0.15, 0.2) is 0 Å². The van der Waals surface area contributed by atoms with Crippen molar-refractivity contribution in [2.24, 2.45) is 11.7 Å². The number of carbonyl (C=O) groups excluding carboxylic acids is 1. The first kappa shape index (κ1) is 12.6. The summed E-state index contributed by atoms with van der Waals surface area (Å²) < 4.78 is 0. The van der Waals surface area contributed by atoms with Crippen molar-refractivity contribution in [3.63, 3.8) is 0 Å². The maximum Gasteiger partial charge on any atom is 0.314 e. The molecule has 0 radical (unpaired) electrons. The van der Waals surface area contributed by atoms with Crippen molar-refractivity contribution in [3.05, 3.63) is 0 Å². The van der Waals surface area contributed by atoms with Gasteiger partial charge in [-0.25, -0.2) is 4.79 Å². The molecular weight excluding hydrogens is 218 g/mol. The molecule has 1 saturated heterocycles. The highest BCUT2D eigenvalue weighted by molar-refractivity contribution is 5.72. The second-order valence-electron chi connectivity index (χ2n) is 5.35. The number of hydrogen-bond donors (Lipinski definition) is 3. The highest BCUT2D eigenvalue weighted by atomic mass is 16.2. The predicted molar refractivity (Wildman–Crippen MR) is 65.5 cm³/mol. The second-order valence-corrected chi connectivity index (χ2v) is 5.35. The number of urea groups is 1. The fraction of sp³-hybridized carbons (Fsp3) is 0.917. The summed E-state index contributed by atoms with van der Waals surface area (Å²) >= 11 is 0. The van der Waals surface area contributed by atoms with E-state index in [1.54, 1.807) is 4.90 Å². The van der Waals surface area contributed by atoms with E-state index in [-0.39, 0.29) is 12.6 Å². The summed E-state index contributed by atoms with van der Waals surface area (Å²) in [5, 5.41) is 12.4. The van der Waals surface area contributed by atoms with Crippen LogP contribution in [0.5, 0.6) is 0 Å². The molecule has 2 unspecified atom stereocenters. The van der Waals surface area contributed by atoms with Crippen LogP contribution >= 0.6 is 0 Å². The number of carbonyl (C=O) groups is 1. The van der Waals surface area contributed by atoms with Crippen molar-refractivity contribution >= 4 is 6.03 Å². The molecule has 2 rings (SSSR count). The van der Waals surface area contributed by atoms with Crippen LogP contribution in [0.2, 0.25) is 0 Å². The molecule has 5 heteroatoms. The molecule has 2 fully saturated rings. The van der Waals surface area contributed by atoms with Gasteiger partial charge in [-0.15, -0.1) is 0 Å². The molecule has 1 saturated carbocycles. The number of hydrogen-bond acceptors (Lipinski definition) is 3. The van der Waals surface area contributed by atoms with Gasteiger partial charge in [0, 0.05) is 31.8 Å². The molecule has 4 N–H and O–H groups in total. The largest absolute Gasteiger partial charge is 0.396 e. The van der Waals surface area contributed by atoms with Crippen LogP contribution in [-0.2, 0) is 0 Å². The van der Waals surface area contributed by atoms with Crippen molar-refractivity contribution in [1.29, 1.82) is 0 Å². The number of likely N-dealkylation sites (tertiary alicyclic amines) is 1. The summed E-state index contributed by atoms with van der Waals surface area (Å²) in [6.45, 7) is 1.72. The van der Waals surface area contributed by atoms with E-state index < -0.39 is 0 Å². The minimum Gasteiger partial charge on any atom is -0.396 e. The number of nitrogens with zero attached hydrogens (tertiary/aromatic N) is 1. The van der Waals surface area contributed by atoms with Gasteiger partial charge in [0.2, 0.25) is 0 Å². The molecule has 0 aromatic heterocycles. The van der Waals surface area contributed by atoms with E-state index in [9.17, 15) is 4.79 Å². The Labute approximate surface area is 102 Å². The molecule has 1 aliphatic heterocycles. The van der Waals surface area contributed by atoms with Crippen LogP contribution in [-0.4, -0.2) is 47.8 Å². The van der Waals surface area contributed by atoms with E-state index in [4.69, 9.17) is 10.8 Å². The van der Waals surface area contributed by atoms with E-state index in [1.807, 2.05) is 0 Å². The molecule has 0 aromatic carbocycles. The molecular formula is C12H23N3O2. The highest BCUT2D eigenvalue weighted by Crippen LogP contribution is 2.25. The van der Waals surface area contributed by atoms with Crippen LogP contribution in [0.3, 0.4) is 0 Å². The lowest BCUT2D eigenvalue weighted by Crippen LogP contribution is -2.53. The quantitative estimate of drug-likeness (QED) is 0.647. The fourth-order valence-electron chi connectivity index (χ4n) is 2.68. The van der Waals surface area contributed by atoms with Gasteiger partial charge in [-0.05, 0) is 38.0 Å². The van der Waals surface area contributed by atoms with E-state index in [1.165, 1.54) is 12.8 Å². The molecule has 2 amide bonds. The lowest BCUT2D eigenvalue weighted by atomic mass is 9.90. The Kier molecular flexibility index (Phi) is 4.23. The monoisotopic (exact) mass is 241 g/mol. The van der Waals surface area contributed by atoms with Crippen molar-refractivity contribution in [3.8, 4) is 0 Å². The average Bonchev–Trinajstić information content (AvgIpc) is 3.10. The number of primary amides is 1. The molecule has 1 heterocycles. The van der Waals surface area contributed by atoms with Gasteiger partial charge in [-0.1, -0.05) is 0 Å². The number of nitrogens with one attached hydrogen (secondary N) is 1. The lowest BCUT2D eigenvalue weighted by Gasteiger charge is -2.37. The van der Waals surface area contributed by atoms with Crippen molar-refractivity contribution in [2.45, 2.75) is 44.2 Å². The van der Waals surface area contributed by atoms with Gasteiger partial charge in [-0.2, -0.15) is 0 Å². The number of aliphatic hydroxyl groups excluding tert-OH is 1. The maximum absolute atomic E-state index is 11.3. The van der Waals surface area contributed by atoms with Crippen LogP contribution in [0.4, 0.5) is 4.79 Å². The minimum absolute atomic E-state index is 0.230. The first-order valence-corrected chi connectivity index (χ1v) is 6.60. The zero-order valence-corrected chi connectivity index (χ0v) is 10.3. The van der Waals surface area contributed by atoms with E-state index in [0.717, 1.165) is 32.4 Å². The molecule has 0 spiro atoms. The van der Waals surface area contributed by atoms with Gasteiger partial charge in [0.15, 0.2) is 0 Å². The van der Waals surface area contributed by atoms with Gasteiger partial charge < -0.3 is 21.1 Å². The topological polar surface area (TPSA) is 78.6 Å². The second kappa shape index (κ2) is 5.69. The minimum atomic E-state index is -0.318.